The van der Waals surface area contributed by atoms with E-state index in [0.29, 0.717) is 10.8 Å². The summed E-state index contributed by atoms with van der Waals surface area (Å²) in [7, 11) is 0. The van der Waals surface area contributed by atoms with E-state index in [0.717, 1.165) is 21.7 Å². The summed E-state index contributed by atoms with van der Waals surface area (Å²) in [4.78, 5) is 12.9. The first kappa shape index (κ1) is 14.9. The summed E-state index contributed by atoms with van der Waals surface area (Å²) in [5.41, 5.74) is 3.04. The van der Waals surface area contributed by atoms with Crippen LogP contribution in [0.1, 0.15) is 11.1 Å². The molecular formula is C16H16ClNOS. The Kier molecular flexibility index (Phi) is 5.10. The minimum absolute atomic E-state index is 0.0210. The molecule has 0 bridgehead atoms. The summed E-state index contributed by atoms with van der Waals surface area (Å²) in [5.74, 6) is 0.324. The first-order valence-electron chi connectivity index (χ1n) is 6.31. The lowest BCUT2D eigenvalue weighted by atomic mass is 10.1. The molecule has 0 heterocycles. The molecule has 0 saturated carbocycles. The normalized spacial score (nSPS) is 10.3. The smallest absolute Gasteiger partial charge is 0.234 e. The highest BCUT2D eigenvalue weighted by Gasteiger charge is 2.08. The Labute approximate surface area is 128 Å². The Morgan fingerprint density at radius 3 is 2.40 bits per heavy atom. The van der Waals surface area contributed by atoms with Crippen molar-refractivity contribution in [1.29, 1.82) is 0 Å². The topological polar surface area (TPSA) is 29.1 Å². The van der Waals surface area contributed by atoms with Crippen molar-refractivity contribution in [2.45, 2.75) is 18.7 Å². The predicted octanol–water partition coefficient (Wildman–Crippen LogP) is 4.69. The molecule has 0 saturated heterocycles. The summed E-state index contributed by atoms with van der Waals surface area (Å²) < 4.78 is 0. The van der Waals surface area contributed by atoms with E-state index in [2.05, 4.69) is 5.32 Å². The third-order valence-electron chi connectivity index (χ3n) is 2.94. The SMILES string of the molecule is Cc1cccc(C)c1NC(=O)CSc1ccccc1Cl. The Morgan fingerprint density at radius 1 is 1.10 bits per heavy atom. The molecule has 2 rings (SSSR count). The molecular weight excluding hydrogens is 290 g/mol. The molecule has 2 aromatic carbocycles. The van der Waals surface area contributed by atoms with Crippen molar-refractivity contribution in [3.63, 3.8) is 0 Å². The van der Waals surface area contributed by atoms with Gasteiger partial charge in [-0.2, -0.15) is 0 Å². The van der Waals surface area contributed by atoms with Crippen molar-refractivity contribution < 1.29 is 4.79 Å². The van der Waals surface area contributed by atoms with Gasteiger partial charge < -0.3 is 5.32 Å². The van der Waals surface area contributed by atoms with Crippen LogP contribution in [0.2, 0.25) is 5.02 Å². The van der Waals surface area contributed by atoms with E-state index >= 15 is 0 Å². The Balaban J connectivity index is 1.98. The van der Waals surface area contributed by atoms with Crippen molar-refractivity contribution in [3.05, 3.63) is 58.6 Å². The number of thioether (sulfide) groups is 1. The molecule has 2 nitrogen and oxygen atoms in total. The molecule has 1 N–H and O–H groups in total. The fourth-order valence-corrected chi connectivity index (χ4v) is 2.93. The van der Waals surface area contributed by atoms with Crippen LogP contribution in [0.5, 0.6) is 0 Å². The zero-order valence-electron chi connectivity index (χ0n) is 11.4. The summed E-state index contributed by atoms with van der Waals surface area (Å²) in [6.45, 7) is 3.98. The number of aryl methyl sites for hydroxylation is 2. The minimum atomic E-state index is -0.0210. The second-order valence-electron chi connectivity index (χ2n) is 4.53. The van der Waals surface area contributed by atoms with E-state index in [1.807, 2.05) is 56.3 Å². The van der Waals surface area contributed by atoms with Gasteiger partial charge in [0.05, 0.1) is 10.8 Å². The van der Waals surface area contributed by atoms with Crippen LogP contribution in [-0.4, -0.2) is 11.7 Å². The number of carbonyl (C=O) groups excluding carboxylic acids is 1. The molecule has 0 radical (unpaired) electrons. The van der Waals surface area contributed by atoms with Gasteiger partial charge in [0.25, 0.3) is 0 Å². The lowest BCUT2D eigenvalue weighted by Crippen LogP contribution is -2.15. The molecule has 0 aromatic heterocycles. The van der Waals surface area contributed by atoms with Gasteiger partial charge in [0.15, 0.2) is 0 Å². The second kappa shape index (κ2) is 6.82. The largest absolute Gasteiger partial charge is 0.325 e. The van der Waals surface area contributed by atoms with Crippen LogP contribution in [0.15, 0.2) is 47.4 Å². The number of nitrogens with one attached hydrogen (secondary N) is 1. The molecule has 20 heavy (non-hydrogen) atoms. The average Bonchev–Trinajstić information content (AvgIpc) is 2.42. The van der Waals surface area contributed by atoms with Gasteiger partial charge in [0.1, 0.15) is 0 Å². The Morgan fingerprint density at radius 2 is 1.75 bits per heavy atom. The fraction of sp³-hybridized carbons (Fsp3) is 0.188. The van der Waals surface area contributed by atoms with Gasteiger partial charge >= 0.3 is 0 Å². The van der Waals surface area contributed by atoms with Crippen molar-refractivity contribution in [3.8, 4) is 0 Å². The quantitative estimate of drug-likeness (QED) is 0.830. The van der Waals surface area contributed by atoms with Crippen LogP contribution in [0, 0.1) is 13.8 Å². The lowest BCUT2D eigenvalue weighted by Gasteiger charge is -2.11. The maximum absolute atomic E-state index is 12.0. The molecule has 4 heteroatoms. The van der Waals surface area contributed by atoms with E-state index in [4.69, 9.17) is 11.6 Å². The molecule has 104 valence electrons. The van der Waals surface area contributed by atoms with Gasteiger partial charge in [-0.1, -0.05) is 41.9 Å². The van der Waals surface area contributed by atoms with Crippen molar-refractivity contribution in [2.24, 2.45) is 0 Å². The number of anilines is 1. The van der Waals surface area contributed by atoms with Gasteiger partial charge in [-0.3, -0.25) is 4.79 Å². The van der Waals surface area contributed by atoms with Crippen molar-refractivity contribution in [2.75, 3.05) is 11.1 Å². The molecule has 0 spiro atoms. The molecule has 0 aliphatic heterocycles. The van der Waals surface area contributed by atoms with Crippen LogP contribution in [0.25, 0.3) is 0 Å². The molecule has 0 fully saturated rings. The molecule has 0 aliphatic rings. The first-order valence-corrected chi connectivity index (χ1v) is 7.67. The number of hydrogen-bond donors (Lipinski definition) is 1. The maximum Gasteiger partial charge on any atom is 0.234 e. The number of halogens is 1. The van der Waals surface area contributed by atoms with Crippen LogP contribution in [0.3, 0.4) is 0 Å². The van der Waals surface area contributed by atoms with Crippen LogP contribution in [0.4, 0.5) is 5.69 Å². The van der Waals surface area contributed by atoms with Crippen LogP contribution < -0.4 is 5.32 Å². The minimum Gasteiger partial charge on any atom is -0.325 e. The van der Waals surface area contributed by atoms with Gasteiger partial charge in [-0.25, -0.2) is 0 Å². The number of para-hydroxylation sites is 1. The third-order valence-corrected chi connectivity index (χ3v) is 4.46. The first-order chi connectivity index (χ1) is 9.58. The Bertz CT molecular complexity index is 607. The number of hydrogen-bond acceptors (Lipinski definition) is 2. The third kappa shape index (κ3) is 3.78. The van der Waals surface area contributed by atoms with Crippen molar-refractivity contribution >= 4 is 35.0 Å². The highest BCUT2D eigenvalue weighted by molar-refractivity contribution is 8.00. The summed E-state index contributed by atoms with van der Waals surface area (Å²) in [6.07, 6.45) is 0. The Hall–Kier alpha value is -1.45. The van der Waals surface area contributed by atoms with E-state index in [1.54, 1.807) is 0 Å². The van der Waals surface area contributed by atoms with Crippen molar-refractivity contribution in [1.82, 2.24) is 0 Å². The van der Waals surface area contributed by atoms with Crippen LogP contribution in [-0.2, 0) is 4.79 Å². The number of rotatable bonds is 4. The predicted molar refractivity (Wildman–Crippen MR) is 86.7 cm³/mol. The average molecular weight is 306 g/mol. The van der Waals surface area contributed by atoms with Gasteiger partial charge in [0, 0.05) is 10.6 Å². The summed E-state index contributed by atoms with van der Waals surface area (Å²) in [5, 5.41) is 3.64. The highest BCUT2D eigenvalue weighted by atomic mass is 35.5. The monoisotopic (exact) mass is 305 g/mol. The number of amides is 1. The second-order valence-corrected chi connectivity index (χ2v) is 5.96. The summed E-state index contributed by atoms with van der Waals surface area (Å²) >= 11 is 7.51. The fourth-order valence-electron chi connectivity index (χ4n) is 1.89. The van der Waals surface area contributed by atoms with Gasteiger partial charge in [0.2, 0.25) is 5.91 Å². The van der Waals surface area contributed by atoms with E-state index in [-0.39, 0.29) is 5.91 Å². The molecule has 0 unspecified atom stereocenters. The van der Waals surface area contributed by atoms with Gasteiger partial charge in [-0.15, -0.1) is 11.8 Å². The maximum atomic E-state index is 12.0. The zero-order valence-corrected chi connectivity index (χ0v) is 13.0. The van der Waals surface area contributed by atoms with Crippen LogP contribution >= 0.6 is 23.4 Å². The van der Waals surface area contributed by atoms with E-state index in [1.165, 1.54) is 11.8 Å². The number of benzene rings is 2. The van der Waals surface area contributed by atoms with Gasteiger partial charge in [-0.05, 0) is 37.1 Å². The number of carbonyl (C=O) groups is 1. The highest BCUT2D eigenvalue weighted by Crippen LogP contribution is 2.27. The van der Waals surface area contributed by atoms with E-state index in [9.17, 15) is 4.79 Å². The molecule has 2 aromatic rings. The van der Waals surface area contributed by atoms with E-state index < -0.39 is 0 Å². The lowest BCUT2D eigenvalue weighted by molar-refractivity contribution is -0.113. The molecule has 1 amide bonds. The molecule has 0 aliphatic carbocycles. The summed E-state index contributed by atoms with van der Waals surface area (Å²) in [6, 6.07) is 13.5. The standard InChI is InChI=1S/C16H16ClNOS/c1-11-6-5-7-12(2)16(11)18-15(19)10-20-14-9-4-3-8-13(14)17/h3-9H,10H2,1-2H3,(H,18,19). The zero-order chi connectivity index (χ0) is 14.5. The molecule has 0 atom stereocenters.